The molecule has 0 unspecified atom stereocenters. The van der Waals surface area contributed by atoms with Crippen molar-refractivity contribution in [3.8, 4) is 5.75 Å². The summed E-state index contributed by atoms with van der Waals surface area (Å²) in [5.74, 6) is 1.19. The molecule has 1 aromatic rings. The van der Waals surface area contributed by atoms with Gasteiger partial charge in [-0.15, -0.1) is 0 Å². The van der Waals surface area contributed by atoms with E-state index in [0.717, 1.165) is 37.9 Å². The first-order valence-corrected chi connectivity index (χ1v) is 9.73. The second-order valence-corrected chi connectivity index (χ2v) is 7.19. The Morgan fingerprint density at radius 3 is 2.50 bits per heavy atom. The highest BCUT2D eigenvalue weighted by Gasteiger charge is 2.31. The molecular weight excluding hydrogens is 300 g/mol. The highest BCUT2D eigenvalue weighted by Crippen LogP contribution is 2.40. The number of hydrogen-bond donors (Lipinski definition) is 0. The molecule has 0 aliphatic heterocycles. The Morgan fingerprint density at radius 1 is 1.00 bits per heavy atom. The van der Waals surface area contributed by atoms with Gasteiger partial charge in [-0.05, 0) is 51.0 Å². The first-order chi connectivity index (χ1) is 11.8. The van der Waals surface area contributed by atoms with Crippen molar-refractivity contribution in [3.63, 3.8) is 0 Å². The summed E-state index contributed by atoms with van der Waals surface area (Å²) in [6, 6.07) is 8.39. The van der Waals surface area contributed by atoms with Gasteiger partial charge in [0.25, 0.3) is 0 Å². The Morgan fingerprint density at radius 2 is 1.71 bits per heavy atom. The third-order valence-electron chi connectivity index (χ3n) is 5.44. The third kappa shape index (κ3) is 4.31. The van der Waals surface area contributed by atoms with Gasteiger partial charge >= 0.3 is 5.97 Å². The molecule has 0 aromatic heterocycles. The molecule has 2 saturated carbocycles. The summed E-state index contributed by atoms with van der Waals surface area (Å²) in [5, 5.41) is 0. The predicted molar refractivity (Wildman–Crippen MR) is 95.3 cm³/mol. The summed E-state index contributed by atoms with van der Waals surface area (Å²) in [4.78, 5) is 11.8. The van der Waals surface area contributed by atoms with Crippen LogP contribution in [0.25, 0.3) is 0 Å². The van der Waals surface area contributed by atoms with Gasteiger partial charge in [0.1, 0.15) is 11.9 Å². The Balaban J connectivity index is 1.77. The van der Waals surface area contributed by atoms with Gasteiger partial charge in [-0.1, -0.05) is 38.0 Å². The fraction of sp³-hybridized carbons (Fsp3) is 0.667. The van der Waals surface area contributed by atoms with Gasteiger partial charge in [0.05, 0.1) is 6.10 Å². The van der Waals surface area contributed by atoms with Crippen molar-refractivity contribution in [2.24, 2.45) is 0 Å². The quantitative estimate of drug-likeness (QED) is 0.680. The lowest BCUT2D eigenvalue weighted by atomic mass is 9.81. The van der Waals surface area contributed by atoms with Crippen LogP contribution in [0.1, 0.15) is 82.6 Å². The van der Waals surface area contributed by atoms with Crippen molar-refractivity contribution in [2.45, 2.75) is 89.3 Å². The van der Waals surface area contributed by atoms with Gasteiger partial charge in [0.2, 0.25) is 0 Å². The Labute approximate surface area is 145 Å². The van der Waals surface area contributed by atoms with E-state index in [1.807, 2.05) is 6.92 Å². The Kier molecular flexibility index (Phi) is 6.17. The molecule has 0 bridgehead atoms. The average Bonchev–Trinajstić information content (AvgIpc) is 2.63. The van der Waals surface area contributed by atoms with Crippen LogP contribution in [0.2, 0.25) is 0 Å². The lowest BCUT2D eigenvalue weighted by Crippen LogP contribution is -2.29. The Bertz CT molecular complexity index is 534. The zero-order valence-electron chi connectivity index (χ0n) is 14.8. The van der Waals surface area contributed by atoms with Crippen molar-refractivity contribution in [1.82, 2.24) is 0 Å². The summed E-state index contributed by atoms with van der Waals surface area (Å²) in [7, 11) is 0. The van der Waals surface area contributed by atoms with E-state index in [4.69, 9.17) is 9.47 Å². The lowest BCUT2D eigenvalue weighted by Gasteiger charge is -2.33. The van der Waals surface area contributed by atoms with Crippen molar-refractivity contribution in [1.29, 1.82) is 0 Å². The summed E-state index contributed by atoms with van der Waals surface area (Å²) in [6.07, 6.45) is 11.4. The number of rotatable bonds is 5. The molecule has 2 aliphatic rings. The van der Waals surface area contributed by atoms with Crippen molar-refractivity contribution < 1.29 is 14.3 Å². The molecule has 0 N–H and O–H groups in total. The maximum atomic E-state index is 11.8. The molecule has 0 saturated heterocycles. The fourth-order valence-corrected chi connectivity index (χ4v) is 4.10. The van der Waals surface area contributed by atoms with E-state index in [1.165, 1.54) is 31.2 Å². The van der Waals surface area contributed by atoms with E-state index >= 15 is 0 Å². The van der Waals surface area contributed by atoms with E-state index in [-0.39, 0.29) is 18.0 Å². The zero-order chi connectivity index (χ0) is 16.8. The summed E-state index contributed by atoms with van der Waals surface area (Å²) in [6.45, 7) is 1.86. The van der Waals surface area contributed by atoms with E-state index in [0.29, 0.717) is 12.5 Å². The SMILES string of the molecule is CCC(=O)O[C@@H]1CCCC[C@H]1c1ccccc1OC1CCCCC1. The van der Waals surface area contributed by atoms with Crippen molar-refractivity contribution >= 4 is 5.97 Å². The summed E-state index contributed by atoms with van der Waals surface area (Å²) >= 11 is 0. The number of ether oxygens (including phenoxy) is 2. The van der Waals surface area contributed by atoms with Crippen LogP contribution >= 0.6 is 0 Å². The molecular formula is C21H30O3. The van der Waals surface area contributed by atoms with E-state index in [2.05, 4.69) is 24.3 Å². The van der Waals surface area contributed by atoms with Gasteiger partial charge in [-0.25, -0.2) is 0 Å². The smallest absolute Gasteiger partial charge is 0.305 e. The topological polar surface area (TPSA) is 35.5 Å². The number of esters is 1. The molecule has 3 heteroatoms. The zero-order valence-corrected chi connectivity index (χ0v) is 14.8. The van der Waals surface area contributed by atoms with Crippen LogP contribution in [-0.4, -0.2) is 18.2 Å². The van der Waals surface area contributed by atoms with Gasteiger partial charge < -0.3 is 9.47 Å². The molecule has 2 fully saturated rings. The molecule has 0 amide bonds. The minimum absolute atomic E-state index is 0.00214. The van der Waals surface area contributed by atoms with Gasteiger partial charge in [0.15, 0.2) is 0 Å². The first kappa shape index (κ1) is 17.3. The van der Waals surface area contributed by atoms with Crippen LogP contribution in [0.5, 0.6) is 5.75 Å². The minimum atomic E-state index is -0.0856. The van der Waals surface area contributed by atoms with E-state index < -0.39 is 0 Å². The van der Waals surface area contributed by atoms with Crippen LogP contribution in [0.15, 0.2) is 24.3 Å². The maximum Gasteiger partial charge on any atom is 0.305 e. The molecule has 132 valence electrons. The van der Waals surface area contributed by atoms with Gasteiger partial charge in [-0.2, -0.15) is 0 Å². The van der Waals surface area contributed by atoms with Gasteiger partial charge in [-0.3, -0.25) is 4.79 Å². The lowest BCUT2D eigenvalue weighted by molar-refractivity contribution is -0.151. The highest BCUT2D eigenvalue weighted by molar-refractivity contribution is 5.69. The molecule has 0 radical (unpaired) electrons. The molecule has 1 aromatic carbocycles. The van der Waals surface area contributed by atoms with Crippen LogP contribution in [-0.2, 0) is 9.53 Å². The number of carbonyl (C=O) groups is 1. The van der Waals surface area contributed by atoms with Crippen LogP contribution < -0.4 is 4.74 Å². The van der Waals surface area contributed by atoms with Crippen LogP contribution in [0.4, 0.5) is 0 Å². The molecule has 2 aliphatic carbocycles. The van der Waals surface area contributed by atoms with Crippen LogP contribution in [0.3, 0.4) is 0 Å². The molecule has 0 spiro atoms. The predicted octanol–water partition coefficient (Wildman–Crippen LogP) is 5.38. The first-order valence-electron chi connectivity index (χ1n) is 9.73. The third-order valence-corrected chi connectivity index (χ3v) is 5.44. The number of benzene rings is 1. The monoisotopic (exact) mass is 330 g/mol. The fourth-order valence-electron chi connectivity index (χ4n) is 4.10. The number of hydrogen-bond acceptors (Lipinski definition) is 3. The molecule has 3 nitrogen and oxygen atoms in total. The van der Waals surface area contributed by atoms with Gasteiger partial charge in [0, 0.05) is 17.9 Å². The number of carbonyl (C=O) groups excluding carboxylic acids is 1. The second-order valence-electron chi connectivity index (χ2n) is 7.19. The normalized spacial score (nSPS) is 25.2. The standard InChI is InChI=1S/C21H30O3/c1-2-21(22)24-20-15-9-7-13-18(20)17-12-6-8-14-19(17)23-16-10-4-3-5-11-16/h6,8,12,14,16,18,20H,2-5,7,9-11,13,15H2,1H3/t18-,20+/m0/s1. The molecule has 3 rings (SSSR count). The van der Waals surface area contributed by atoms with Crippen molar-refractivity contribution in [2.75, 3.05) is 0 Å². The summed E-state index contributed by atoms with van der Waals surface area (Å²) < 4.78 is 12.1. The summed E-state index contributed by atoms with van der Waals surface area (Å²) in [5.41, 5.74) is 1.23. The second kappa shape index (κ2) is 8.55. The minimum Gasteiger partial charge on any atom is -0.490 e. The maximum absolute atomic E-state index is 11.8. The molecule has 2 atom stereocenters. The Hall–Kier alpha value is -1.51. The van der Waals surface area contributed by atoms with Crippen LogP contribution in [0, 0.1) is 0 Å². The number of para-hydroxylation sites is 1. The molecule has 0 heterocycles. The molecule has 24 heavy (non-hydrogen) atoms. The van der Waals surface area contributed by atoms with Crippen molar-refractivity contribution in [3.05, 3.63) is 29.8 Å². The highest BCUT2D eigenvalue weighted by atomic mass is 16.5. The van der Waals surface area contributed by atoms with E-state index in [9.17, 15) is 4.79 Å². The van der Waals surface area contributed by atoms with E-state index in [1.54, 1.807) is 0 Å². The average molecular weight is 330 g/mol. The largest absolute Gasteiger partial charge is 0.490 e.